The molecule has 0 aliphatic carbocycles. The minimum atomic E-state index is -0.948. The van der Waals surface area contributed by atoms with Crippen molar-refractivity contribution < 1.29 is 18.7 Å². The molecule has 0 spiro atoms. The molecule has 1 unspecified atom stereocenters. The lowest BCUT2D eigenvalue weighted by molar-refractivity contribution is -0.127. The van der Waals surface area contributed by atoms with Crippen molar-refractivity contribution in [2.24, 2.45) is 0 Å². The van der Waals surface area contributed by atoms with Gasteiger partial charge in [0.15, 0.2) is 0 Å². The molecule has 1 fully saturated rings. The van der Waals surface area contributed by atoms with Gasteiger partial charge in [0.05, 0.1) is 6.54 Å². The number of ether oxygens (including phenoxy) is 1. The fraction of sp³-hybridized carbons (Fsp3) is 0.333. The average molecular weight is 502 g/mol. The van der Waals surface area contributed by atoms with Gasteiger partial charge in [-0.2, -0.15) is 0 Å². The van der Waals surface area contributed by atoms with Crippen LogP contribution in [-0.2, 0) is 20.7 Å². The number of nitrogens with one attached hydrogen (secondary N) is 1. The maximum atomic E-state index is 14.4. The first-order chi connectivity index (χ1) is 18.0. The number of hydrogen-bond donors (Lipinski definition) is 1. The number of carbonyl (C=O) groups is 2. The van der Waals surface area contributed by atoms with Crippen LogP contribution in [0.2, 0.25) is 0 Å². The first kappa shape index (κ1) is 25.0. The van der Waals surface area contributed by atoms with Crippen molar-refractivity contribution in [3.05, 3.63) is 95.3 Å². The van der Waals surface area contributed by atoms with E-state index in [9.17, 15) is 14.0 Å². The Balaban J connectivity index is 1.53. The number of benzene rings is 3. The topological polar surface area (TPSA) is 61.9 Å². The first-order valence-electron chi connectivity index (χ1n) is 12.9. The molecular formula is C30H32FN3O3. The molecule has 3 aromatic rings. The fourth-order valence-corrected chi connectivity index (χ4v) is 5.29. The van der Waals surface area contributed by atoms with Crippen LogP contribution in [0.5, 0.6) is 0 Å². The van der Waals surface area contributed by atoms with Gasteiger partial charge in [-0.25, -0.2) is 4.39 Å². The number of hydrogen-bond acceptors (Lipinski definition) is 4. The molecule has 2 aliphatic rings. The van der Waals surface area contributed by atoms with Gasteiger partial charge in [0.1, 0.15) is 11.9 Å². The summed E-state index contributed by atoms with van der Waals surface area (Å²) in [5.74, 6) is -1.01. The third-order valence-electron chi connectivity index (χ3n) is 7.22. The largest absolute Gasteiger partial charge is 0.381 e. The summed E-state index contributed by atoms with van der Waals surface area (Å²) < 4.78 is 19.9. The normalized spacial score (nSPS) is 16.2. The second kappa shape index (κ2) is 11.1. The van der Waals surface area contributed by atoms with Crippen LogP contribution in [0.25, 0.3) is 0 Å². The molecule has 0 aromatic heterocycles. The Labute approximate surface area is 217 Å². The van der Waals surface area contributed by atoms with Crippen LogP contribution in [-0.4, -0.2) is 44.2 Å². The molecule has 0 saturated carbocycles. The highest BCUT2D eigenvalue weighted by Gasteiger charge is 2.36. The molecule has 1 atom stereocenters. The molecule has 37 heavy (non-hydrogen) atoms. The predicted octanol–water partition coefficient (Wildman–Crippen LogP) is 4.57. The molecule has 1 N–H and O–H groups in total. The molecule has 6 nitrogen and oxygen atoms in total. The van der Waals surface area contributed by atoms with Crippen LogP contribution in [0.15, 0.2) is 72.8 Å². The van der Waals surface area contributed by atoms with Crippen molar-refractivity contribution >= 4 is 23.2 Å². The van der Waals surface area contributed by atoms with E-state index < -0.39 is 11.9 Å². The van der Waals surface area contributed by atoms with Gasteiger partial charge in [-0.15, -0.1) is 0 Å². The molecule has 2 heterocycles. The molecule has 192 valence electrons. The van der Waals surface area contributed by atoms with Crippen molar-refractivity contribution in [1.29, 1.82) is 0 Å². The highest BCUT2D eigenvalue weighted by Crippen LogP contribution is 2.33. The number of para-hydroxylation sites is 1. The number of halogens is 1. The van der Waals surface area contributed by atoms with E-state index in [1.165, 1.54) is 22.6 Å². The number of nitrogens with zero attached hydrogens (tertiary/aromatic N) is 2. The van der Waals surface area contributed by atoms with Crippen molar-refractivity contribution in [3.63, 3.8) is 0 Å². The lowest BCUT2D eigenvalue weighted by Crippen LogP contribution is -2.50. The third kappa shape index (κ3) is 5.52. The third-order valence-corrected chi connectivity index (χ3v) is 7.22. The lowest BCUT2D eigenvalue weighted by Gasteiger charge is -2.35. The highest BCUT2D eigenvalue weighted by atomic mass is 19.1. The quantitative estimate of drug-likeness (QED) is 0.516. The van der Waals surface area contributed by atoms with Crippen molar-refractivity contribution in [3.8, 4) is 0 Å². The van der Waals surface area contributed by atoms with Gasteiger partial charge in [0.25, 0.3) is 0 Å². The summed E-state index contributed by atoms with van der Waals surface area (Å²) in [5.41, 5.74) is 4.17. The molecule has 0 radical (unpaired) electrons. The van der Waals surface area contributed by atoms with E-state index in [-0.39, 0.29) is 24.4 Å². The SMILES string of the molecule is Cc1ccccc1C(C(=O)NC1CCOCC1)N(C(=O)CN1CCc2ccccc21)c1cccc(F)c1. The molecule has 5 rings (SSSR count). The standard InChI is InChI=1S/C30H32FN3O3/c1-21-7-2-4-11-26(21)29(30(36)32-24-14-17-37-18-15-24)34(25-10-6-9-23(31)19-25)28(35)20-33-16-13-22-8-3-5-12-27(22)33/h2-12,19,24,29H,13-18,20H2,1H3,(H,32,36). The molecule has 2 amide bonds. The van der Waals surface area contributed by atoms with Gasteiger partial charge in [-0.1, -0.05) is 48.5 Å². The Morgan fingerprint density at radius 3 is 2.59 bits per heavy atom. The summed E-state index contributed by atoms with van der Waals surface area (Å²) >= 11 is 0. The molecule has 0 bridgehead atoms. The van der Waals surface area contributed by atoms with Crippen LogP contribution in [0.4, 0.5) is 15.8 Å². The van der Waals surface area contributed by atoms with Crippen LogP contribution >= 0.6 is 0 Å². The minimum Gasteiger partial charge on any atom is -0.381 e. The number of amides is 2. The van der Waals surface area contributed by atoms with Gasteiger partial charge < -0.3 is 15.0 Å². The second-order valence-electron chi connectivity index (χ2n) is 9.70. The number of carbonyl (C=O) groups excluding carboxylic acids is 2. The van der Waals surface area contributed by atoms with E-state index in [2.05, 4.69) is 11.4 Å². The minimum absolute atomic E-state index is 0.0392. The van der Waals surface area contributed by atoms with E-state index in [4.69, 9.17) is 4.74 Å². The summed E-state index contributed by atoms with van der Waals surface area (Å²) in [4.78, 5) is 31.6. The van der Waals surface area contributed by atoms with Gasteiger partial charge in [0, 0.05) is 37.2 Å². The smallest absolute Gasteiger partial charge is 0.248 e. The van der Waals surface area contributed by atoms with E-state index >= 15 is 0 Å². The maximum Gasteiger partial charge on any atom is 0.248 e. The number of aryl methyl sites for hydroxylation is 1. The zero-order valence-corrected chi connectivity index (χ0v) is 21.0. The molecular weight excluding hydrogens is 469 g/mol. The Hall–Kier alpha value is -3.71. The summed E-state index contributed by atoms with van der Waals surface area (Å²) in [6, 6.07) is 20.5. The van der Waals surface area contributed by atoms with Crippen molar-refractivity contribution in [1.82, 2.24) is 5.32 Å². The monoisotopic (exact) mass is 501 g/mol. The summed E-state index contributed by atoms with van der Waals surface area (Å²) in [7, 11) is 0. The van der Waals surface area contributed by atoms with E-state index in [1.54, 1.807) is 12.1 Å². The fourth-order valence-electron chi connectivity index (χ4n) is 5.29. The molecule has 7 heteroatoms. The van der Waals surface area contributed by atoms with Crippen molar-refractivity contribution in [2.75, 3.05) is 36.1 Å². The predicted molar refractivity (Wildman–Crippen MR) is 142 cm³/mol. The van der Waals surface area contributed by atoms with Gasteiger partial charge >= 0.3 is 0 Å². The van der Waals surface area contributed by atoms with Crippen LogP contribution in [0.1, 0.15) is 35.6 Å². The van der Waals surface area contributed by atoms with E-state index in [0.29, 0.717) is 43.9 Å². The van der Waals surface area contributed by atoms with E-state index in [1.807, 2.05) is 54.3 Å². The van der Waals surface area contributed by atoms with Crippen LogP contribution < -0.4 is 15.1 Å². The Kier molecular flexibility index (Phi) is 7.51. The Morgan fingerprint density at radius 2 is 1.81 bits per heavy atom. The zero-order chi connectivity index (χ0) is 25.8. The second-order valence-corrected chi connectivity index (χ2v) is 9.70. The van der Waals surface area contributed by atoms with E-state index in [0.717, 1.165) is 17.7 Å². The summed E-state index contributed by atoms with van der Waals surface area (Å²) in [5, 5.41) is 3.15. The number of rotatable bonds is 7. The van der Waals surface area contributed by atoms with Crippen LogP contribution in [0, 0.1) is 12.7 Å². The molecule has 2 aliphatic heterocycles. The molecule has 3 aromatic carbocycles. The van der Waals surface area contributed by atoms with Gasteiger partial charge in [0.2, 0.25) is 11.8 Å². The Morgan fingerprint density at radius 1 is 1.05 bits per heavy atom. The lowest BCUT2D eigenvalue weighted by atomic mass is 9.97. The van der Waals surface area contributed by atoms with Gasteiger partial charge in [-0.3, -0.25) is 14.5 Å². The number of anilines is 2. The Bertz CT molecular complexity index is 1270. The van der Waals surface area contributed by atoms with Crippen molar-refractivity contribution in [2.45, 2.75) is 38.3 Å². The summed E-state index contributed by atoms with van der Waals surface area (Å²) in [6.45, 7) is 3.89. The highest BCUT2D eigenvalue weighted by molar-refractivity contribution is 6.03. The average Bonchev–Trinajstić information content (AvgIpc) is 3.31. The zero-order valence-electron chi connectivity index (χ0n) is 21.0. The maximum absolute atomic E-state index is 14.4. The van der Waals surface area contributed by atoms with Gasteiger partial charge in [-0.05, 0) is 67.1 Å². The molecule has 1 saturated heterocycles. The van der Waals surface area contributed by atoms with Crippen LogP contribution in [0.3, 0.4) is 0 Å². The first-order valence-corrected chi connectivity index (χ1v) is 12.9. The number of fused-ring (bicyclic) bond motifs is 1. The summed E-state index contributed by atoms with van der Waals surface area (Å²) in [6.07, 6.45) is 2.28.